The zero-order chi connectivity index (χ0) is 20.0. The maximum absolute atomic E-state index is 12.6. The van der Waals surface area contributed by atoms with E-state index in [4.69, 9.17) is 5.73 Å². The molecule has 27 heavy (non-hydrogen) atoms. The summed E-state index contributed by atoms with van der Waals surface area (Å²) in [4.78, 5) is 36.3. The lowest BCUT2D eigenvalue weighted by molar-refractivity contribution is -0.124. The van der Waals surface area contributed by atoms with Crippen molar-refractivity contribution >= 4 is 17.7 Å². The molecule has 0 saturated carbocycles. The highest BCUT2D eigenvalue weighted by Crippen LogP contribution is 2.09. The zero-order valence-electron chi connectivity index (χ0n) is 15.8. The summed E-state index contributed by atoms with van der Waals surface area (Å²) in [6.07, 6.45) is 0. The first kappa shape index (κ1) is 20.2. The van der Waals surface area contributed by atoms with E-state index in [0.29, 0.717) is 11.1 Å². The van der Waals surface area contributed by atoms with Crippen LogP contribution in [0, 0.1) is 12.8 Å². The Hall–Kier alpha value is -3.15. The van der Waals surface area contributed by atoms with Crippen molar-refractivity contribution in [3.05, 3.63) is 70.8 Å². The summed E-state index contributed by atoms with van der Waals surface area (Å²) in [7, 11) is 0. The first-order valence-electron chi connectivity index (χ1n) is 8.82. The molecular weight excluding hydrogens is 342 g/mol. The van der Waals surface area contributed by atoms with Gasteiger partial charge in [-0.15, -0.1) is 0 Å². The number of rotatable bonds is 7. The number of benzene rings is 2. The van der Waals surface area contributed by atoms with Crippen molar-refractivity contribution in [1.29, 1.82) is 0 Å². The summed E-state index contributed by atoms with van der Waals surface area (Å²) in [5.74, 6) is -1.18. The van der Waals surface area contributed by atoms with Crippen molar-refractivity contribution in [3.63, 3.8) is 0 Å². The minimum absolute atomic E-state index is 0.0873. The summed E-state index contributed by atoms with van der Waals surface area (Å²) in [6, 6.07) is 13.3. The Balaban J connectivity index is 2.03. The van der Waals surface area contributed by atoms with Crippen LogP contribution in [0.4, 0.5) is 0 Å². The number of aryl methyl sites for hydroxylation is 1. The van der Waals surface area contributed by atoms with Crippen LogP contribution < -0.4 is 16.4 Å². The molecular formula is C21H25N3O3. The Labute approximate surface area is 159 Å². The van der Waals surface area contributed by atoms with E-state index in [2.05, 4.69) is 10.6 Å². The molecule has 0 aliphatic carbocycles. The summed E-state index contributed by atoms with van der Waals surface area (Å²) >= 11 is 0. The van der Waals surface area contributed by atoms with Gasteiger partial charge in [-0.05, 0) is 42.7 Å². The third-order valence-corrected chi connectivity index (χ3v) is 4.19. The van der Waals surface area contributed by atoms with Gasteiger partial charge in [0, 0.05) is 17.7 Å². The van der Waals surface area contributed by atoms with E-state index in [9.17, 15) is 14.4 Å². The zero-order valence-corrected chi connectivity index (χ0v) is 15.8. The molecule has 0 spiro atoms. The molecule has 2 rings (SSSR count). The molecule has 0 bridgehead atoms. The van der Waals surface area contributed by atoms with Crippen LogP contribution in [0.2, 0.25) is 0 Å². The minimum atomic E-state index is -0.669. The first-order valence-corrected chi connectivity index (χ1v) is 8.82. The van der Waals surface area contributed by atoms with E-state index in [1.807, 2.05) is 26.8 Å². The molecule has 1 atom stereocenters. The average molecular weight is 367 g/mol. The monoisotopic (exact) mass is 367 g/mol. The molecule has 0 radical (unpaired) electrons. The van der Waals surface area contributed by atoms with Crippen molar-refractivity contribution < 1.29 is 14.4 Å². The highest BCUT2D eigenvalue weighted by Gasteiger charge is 2.24. The lowest BCUT2D eigenvalue weighted by atomic mass is 10.0. The number of hydrogen-bond donors (Lipinski definition) is 3. The molecule has 2 aromatic carbocycles. The van der Waals surface area contributed by atoms with Crippen LogP contribution in [0.1, 0.15) is 45.7 Å². The molecule has 6 nitrogen and oxygen atoms in total. The van der Waals surface area contributed by atoms with E-state index in [0.717, 1.165) is 11.1 Å². The number of hydrogen-bond acceptors (Lipinski definition) is 3. The van der Waals surface area contributed by atoms with Crippen molar-refractivity contribution in [1.82, 2.24) is 10.6 Å². The van der Waals surface area contributed by atoms with Crippen molar-refractivity contribution in [2.45, 2.75) is 33.4 Å². The molecule has 0 aliphatic rings. The molecule has 6 heteroatoms. The van der Waals surface area contributed by atoms with E-state index < -0.39 is 11.9 Å². The van der Waals surface area contributed by atoms with Crippen molar-refractivity contribution in [2.75, 3.05) is 0 Å². The maximum Gasteiger partial charge on any atom is 0.251 e. The highest BCUT2D eigenvalue weighted by molar-refractivity contribution is 5.97. The molecule has 0 aliphatic heterocycles. The van der Waals surface area contributed by atoms with Gasteiger partial charge in [0.25, 0.3) is 5.91 Å². The van der Waals surface area contributed by atoms with Crippen LogP contribution in [0.25, 0.3) is 0 Å². The smallest absolute Gasteiger partial charge is 0.251 e. The number of carbonyl (C=O) groups excluding carboxylic acids is 3. The standard InChI is InChI=1S/C21H25N3O3/c1-13(2)18(24-20(26)17-9-4-6-14(3)10-17)21(27)23-12-15-7-5-8-16(11-15)19(22)25/h4-11,13,18H,12H2,1-3H3,(H2,22,25)(H,23,27)(H,24,26). The molecule has 0 fully saturated rings. The second-order valence-corrected chi connectivity index (χ2v) is 6.85. The molecule has 1 unspecified atom stereocenters. The minimum Gasteiger partial charge on any atom is -0.366 e. The lowest BCUT2D eigenvalue weighted by Crippen LogP contribution is -2.49. The number of amides is 3. The van der Waals surface area contributed by atoms with E-state index in [1.54, 1.807) is 42.5 Å². The SMILES string of the molecule is Cc1cccc(C(=O)NC(C(=O)NCc2cccc(C(N)=O)c2)C(C)C)c1. The molecule has 0 aromatic heterocycles. The Morgan fingerprint density at radius 1 is 1.00 bits per heavy atom. The van der Waals surface area contributed by atoms with Gasteiger partial charge < -0.3 is 16.4 Å². The van der Waals surface area contributed by atoms with Gasteiger partial charge in [-0.25, -0.2) is 0 Å². The third kappa shape index (κ3) is 5.67. The normalized spacial score (nSPS) is 11.7. The van der Waals surface area contributed by atoms with Crippen LogP contribution in [0.5, 0.6) is 0 Å². The van der Waals surface area contributed by atoms with E-state index in [-0.39, 0.29) is 24.3 Å². The maximum atomic E-state index is 12.6. The van der Waals surface area contributed by atoms with Crippen LogP contribution in [0.3, 0.4) is 0 Å². The van der Waals surface area contributed by atoms with Gasteiger partial charge in [0.05, 0.1) is 0 Å². The van der Waals surface area contributed by atoms with Crippen molar-refractivity contribution in [2.24, 2.45) is 11.7 Å². The van der Waals surface area contributed by atoms with Gasteiger partial charge in [0.1, 0.15) is 6.04 Å². The summed E-state index contributed by atoms with van der Waals surface area (Å²) in [6.45, 7) is 5.88. The molecule has 0 heterocycles. The lowest BCUT2D eigenvalue weighted by Gasteiger charge is -2.22. The van der Waals surface area contributed by atoms with E-state index in [1.165, 1.54) is 0 Å². The Kier molecular flexibility index (Phi) is 6.71. The number of primary amides is 1. The molecule has 0 saturated heterocycles. The fraction of sp³-hybridized carbons (Fsp3) is 0.286. The van der Waals surface area contributed by atoms with E-state index >= 15 is 0 Å². The Morgan fingerprint density at radius 3 is 2.30 bits per heavy atom. The topological polar surface area (TPSA) is 101 Å². The highest BCUT2D eigenvalue weighted by atomic mass is 16.2. The fourth-order valence-corrected chi connectivity index (χ4v) is 2.68. The predicted molar refractivity (Wildman–Crippen MR) is 104 cm³/mol. The van der Waals surface area contributed by atoms with Crippen LogP contribution in [0.15, 0.2) is 48.5 Å². The van der Waals surface area contributed by atoms with Gasteiger partial charge in [-0.1, -0.05) is 43.7 Å². The van der Waals surface area contributed by atoms with Crippen molar-refractivity contribution in [3.8, 4) is 0 Å². The number of carbonyl (C=O) groups is 3. The second kappa shape index (κ2) is 8.98. The Morgan fingerprint density at radius 2 is 1.67 bits per heavy atom. The third-order valence-electron chi connectivity index (χ3n) is 4.19. The number of nitrogens with two attached hydrogens (primary N) is 1. The quantitative estimate of drug-likeness (QED) is 0.699. The van der Waals surface area contributed by atoms with Crippen LogP contribution in [-0.2, 0) is 11.3 Å². The number of nitrogens with one attached hydrogen (secondary N) is 2. The van der Waals surface area contributed by atoms with Crippen LogP contribution >= 0.6 is 0 Å². The van der Waals surface area contributed by atoms with Gasteiger partial charge in [0.2, 0.25) is 11.8 Å². The summed E-state index contributed by atoms with van der Waals surface area (Å²) in [5.41, 5.74) is 7.91. The van der Waals surface area contributed by atoms with Gasteiger partial charge >= 0.3 is 0 Å². The predicted octanol–water partition coefficient (Wildman–Crippen LogP) is 2.16. The molecule has 142 valence electrons. The Bertz CT molecular complexity index is 846. The van der Waals surface area contributed by atoms with Gasteiger partial charge in [0.15, 0.2) is 0 Å². The fourth-order valence-electron chi connectivity index (χ4n) is 2.68. The first-order chi connectivity index (χ1) is 12.8. The summed E-state index contributed by atoms with van der Waals surface area (Å²) < 4.78 is 0. The molecule has 3 amide bonds. The average Bonchev–Trinajstić information content (AvgIpc) is 2.64. The van der Waals surface area contributed by atoms with Gasteiger partial charge in [-0.2, -0.15) is 0 Å². The molecule has 4 N–H and O–H groups in total. The summed E-state index contributed by atoms with van der Waals surface area (Å²) in [5, 5.41) is 5.61. The largest absolute Gasteiger partial charge is 0.366 e. The van der Waals surface area contributed by atoms with Gasteiger partial charge in [-0.3, -0.25) is 14.4 Å². The molecule has 2 aromatic rings. The van der Waals surface area contributed by atoms with Crippen LogP contribution in [-0.4, -0.2) is 23.8 Å². The second-order valence-electron chi connectivity index (χ2n) is 6.85.